The number of H-pyrrole nitrogens is 1. The number of rotatable bonds is 9. The Balaban J connectivity index is 1.13. The number of hydrogen-bond donors (Lipinski definition) is 2. The van der Waals surface area contributed by atoms with Crippen molar-refractivity contribution >= 4 is 45.9 Å². The molecule has 0 aliphatic carbocycles. The molecule has 3 aromatic heterocycles. The van der Waals surface area contributed by atoms with Gasteiger partial charge in [-0.1, -0.05) is 71.7 Å². The monoisotopic (exact) mass is 695 g/mol. The van der Waals surface area contributed by atoms with Gasteiger partial charge in [-0.3, -0.25) is 14.5 Å². The standard InChI is InChI=1S/C37H32Cl2FN7O2/c38-27-9-6-24(7-10-27)22-47-23-43-33(25-4-2-1-3-5-25)35(47)32-29-12-11-28(39)20-30(29)44-34(32)36(48)41-14-15-45-16-18-46(19-17-45)37(49)26-8-13-31(40)42-21-26/h1-13,20-21,23,44H,14-19,22H2,(H,41,48). The Morgan fingerprint density at radius 2 is 1.63 bits per heavy atom. The fourth-order valence-corrected chi connectivity index (χ4v) is 6.52. The van der Waals surface area contributed by atoms with Crippen LogP contribution >= 0.6 is 23.2 Å². The van der Waals surface area contributed by atoms with Crippen LogP contribution in [0.1, 0.15) is 26.4 Å². The summed E-state index contributed by atoms with van der Waals surface area (Å²) in [5.41, 5.74) is 5.77. The number of amides is 2. The molecule has 0 saturated carbocycles. The van der Waals surface area contributed by atoms with E-state index in [1.807, 2.05) is 72.8 Å². The maximum atomic E-state index is 14.0. The lowest BCUT2D eigenvalue weighted by atomic mass is 10.0. The van der Waals surface area contributed by atoms with Crippen LogP contribution in [-0.4, -0.2) is 80.4 Å². The van der Waals surface area contributed by atoms with Gasteiger partial charge in [-0.15, -0.1) is 0 Å². The van der Waals surface area contributed by atoms with Gasteiger partial charge in [0.05, 0.1) is 23.3 Å². The van der Waals surface area contributed by atoms with E-state index in [0.29, 0.717) is 67.1 Å². The number of carbonyl (C=O) groups is 2. The largest absolute Gasteiger partial charge is 0.350 e. The van der Waals surface area contributed by atoms with Gasteiger partial charge < -0.3 is 19.8 Å². The number of nitrogens with zero attached hydrogens (tertiary/aromatic N) is 5. The summed E-state index contributed by atoms with van der Waals surface area (Å²) in [6, 6.07) is 25.8. The zero-order valence-corrected chi connectivity index (χ0v) is 27.9. The molecule has 49 heavy (non-hydrogen) atoms. The third-order valence-corrected chi connectivity index (χ3v) is 9.21. The predicted octanol–water partition coefficient (Wildman–Crippen LogP) is 6.78. The maximum Gasteiger partial charge on any atom is 0.268 e. The van der Waals surface area contributed by atoms with Gasteiger partial charge in [0.25, 0.3) is 11.8 Å². The zero-order valence-electron chi connectivity index (χ0n) is 26.4. The molecule has 1 aliphatic rings. The topological polar surface area (TPSA) is 99.2 Å². The SMILES string of the molecule is O=C(NCCN1CCN(C(=O)c2ccc(F)nc2)CC1)c1[nH]c2cc(Cl)ccc2c1-c1c(-c2ccccc2)ncn1Cc1ccc(Cl)cc1. The van der Waals surface area contributed by atoms with Crippen LogP contribution < -0.4 is 5.32 Å². The van der Waals surface area contributed by atoms with Crippen LogP contribution in [0.15, 0.2) is 97.5 Å². The molecule has 2 N–H and O–H groups in total. The van der Waals surface area contributed by atoms with E-state index in [-0.39, 0.29) is 11.8 Å². The van der Waals surface area contributed by atoms with Crippen LogP contribution in [0.4, 0.5) is 4.39 Å². The molecule has 6 aromatic rings. The average Bonchev–Trinajstić information content (AvgIpc) is 3.70. The Kier molecular flexibility index (Phi) is 9.43. The second-order valence-corrected chi connectivity index (χ2v) is 12.8. The number of halogens is 3. The van der Waals surface area contributed by atoms with E-state index >= 15 is 0 Å². The highest BCUT2D eigenvalue weighted by atomic mass is 35.5. The van der Waals surface area contributed by atoms with Gasteiger partial charge in [0, 0.05) is 84.1 Å². The van der Waals surface area contributed by atoms with E-state index in [9.17, 15) is 14.0 Å². The number of aromatic nitrogens is 4. The number of benzene rings is 3. The van der Waals surface area contributed by atoms with Crippen LogP contribution in [0.25, 0.3) is 33.4 Å². The summed E-state index contributed by atoms with van der Waals surface area (Å²) in [7, 11) is 0. The Bertz CT molecular complexity index is 2110. The molecule has 248 valence electrons. The molecule has 1 fully saturated rings. The molecule has 9 nitrogen and oxygen atoms in total. The average molecular weight is 697 g/mol. The van der Waals surface area contributed by atoms with Gasteiger partial charge in [0.1, 0.15) is 5.69 Å². The number of carbonyl (C=O) groups excluding carboxylic acids is 2. The van der Waals surface area contributed by atoms with Crippen molar-refractivity contribution in [1.29, 1.82) is 0 Å². The Morgan fingerprint density at radius 1 is 0.878 bits per heavy atom. The molecule has 1 saturated heterocycles. The quantitative estimate of drug-likeness (QED) is 0.163. The van der Waals surface area contributed by atoms with Gasteiger partial charge in [-0.05, 0) is 42.0 Å². The summed E-state index contributed by atoms with van der Waals surface area (Å²) >= 11 is 12.6. The first kappa shape index (κ1) is 32.5. The van der Waals surface area contributed by atoms with Crippen LogP contribution in [0.5, 0.6) is 0 Å². The van der Waals surface area contributed by atoms with Crippen molar-refractivity contribution in [3.8, 4) is 22.5 Å². The van der Waals surface area contributed by atoms with E-state index in [1.165, 1.54) is 18.3 Å². The smallest absolute Gasteiger partial charge is 0.268 e. The summed E-state index contributed by atoms with van der Waals surface area (Å²) in [6.07, 6.45) is 3.07. The molecule has 0 bridgehead atoms. The number of imidazole rings is 1. The molecule has 0 radical (unpaired) electrons. The third-order valence-electron chi connectivity index (χ3n) is 8.72. The Hall–Kier alpha value is -5.03. The molecule has 4 heterocycles. The third kappa shape index (κ3) is 7.07. The predicted molar refractivity (Wildman–Crippen MR) is 189 cm³/mol. The molecule has 7 rings (SSSR count). The van der Waals surface area contributed by atoms with E-state index in [0.717, 1.165) is 39.0 Å². The van der Waals surface area contributed by atoms with Gasteiger partial charge in [0.2, 0.25) is 5.95 Å². The summed E-state index contributed by atoms with van der Waals surface area (Å²) < 4.78 is 15.3. The minimum atomic E-state index is -0.619. The van der Waals surface area contributed by atoms with Crippen LogP contribution in [0.2, 0.25) is 10.0 Å². The molecular weight excluding hydrogens is 664 g/mol. The second-order valence-electron chi connectivity index (χ2n) is 11.9. The van der Waals surface area contributed by atoms with Crippen LogP contribution in [0, 0.1) is 5.95 Å². The lowest BCUT2D eigenvalue weighted by molar-refractivity contribution is 0.0637. The van der Waals surface area contributed by atoms with E-state index < -0.39 is 5.95 Å². The normalized spacial score (nSPS) is 13.6. The zero-order chi connectivity index (χ0) is 33.9. The first-order valence-electron chi connectivity index (χ1n) is 15.9. The molecule has 1 aliphatic heterocycles. The van der Waals surface area contributed by atoms with Gasteiger partial charge in [-0.25, -0.2) is 9.97 Å². The summed E-state index contributed by atoms with van der Waals surface area (Å²) in [6.45, 7) is 3.87. The number of hydrogen-bond acceptors (Lipinski definition) is 5. The number of aromatic amines is 1. The molecule has 0 atom stereocenters. The van der Waals surface area contributed by atoms with E-state index in [2.05, 4.69) is 24.8 Å². The minimum absolute atomic E-state index is 0.169. The highest BCUT2D eigenvalue weighted by Crippen LogP contribution is 2.39. The summed E-state index contributed by atoms with van der Waals surface area (Å²) in [5.74, 6) is -1.04. The fraction of sp³-hybridized carbons (Fsp3) is 0.189. The number of nitrogens with one attached hydrogen (secondary N) is 2. The van der Waals surface area contributed by atoms with Crippen molar-refractivity contribution in [2.24, 2.45) is 0 Å². The van der Waals surface area contributed by atoms with Crippen LogP contribution in [-0.2, 0) is 6.54 Å². The Labute approximate surface area is 292 Å². The molecular formula is C37H32Cl2FN7O2. The maximum absolute atomic E-state index is 14.0. The van der Waals surface area contributed by atoms with E-state index in [1.54, 1.807) is 11.2 Å². The van der Waals surface area contributed by atoms with Crippen molar-refractivity contribution < 1.29 is 14.0 Å². The number of fused-ring (bicyclic) bond motifs is 1. The highest BCUT2D eigenvalue weighted by molar-refractivity contribution is 6.31. The first-order chi connectivity index (χ1) is 23.8. The molecule has 3 aromatic carbocycles. The van der Waals surface area contributed by atoms with E-state index in [4.69, 9.17) is 28.2 Å². The lowest BCUT2D eigenvalue weighted by Gasteiger charge is -2.34. The lowest BCUT2D eigenvalue weighted by Crippen LogP contribution is -2.50. The fourth-order valence-electron chi connectivity index (χ4n) is 6.22. The summed E-state index contributed by atoms with van der Waals surface area (Å²) in [5, 5.41) is 5.17. The van der Waals surface area contributed by atoms with Gasteiger partial charge >= 0.3 is 0 Å². The molecule has 0 spiro atoms. The van der Waals surface area contributed by atoms with Crippen LogP contribution in [0.3, 0.4) is 0 Å². The Morgan fingerprint density at radius 3 is 2.37 bits per heavy atom. The highest BCUT2D eigenvalue weighted by Gasteiger charge is 2.27. The molecule has 0 unspecified atom stereocenters. The van der Waals surface area contributed by atoms with Crippen molar-refractivity contribution in [3.05, 3.63) is 130 Å². The molecule has 12 heteroatoms. The van der Waals surface area contributed by atoms with Crippen molar-refractivity contribution in [2.75, 3.05) is 39.3 Å². The van der Waals surface area contributed by atoms with Crippen molar-refractivity contribution in [2.45, 2.75) is 6.54 Å². The van der Waals surface area contributed by atoms with Gasteiger partial charge in [0.15, 0.2) is 0 Å². The minimum Gasteiger partial charge on any atom is -0.350 e. The van der Waals surface area contributed by atoms with Crippen molar-refractivity contribution in [3.63, 3.8) is 0 Å². The number of pyridine rings is 1. The first-order valence-corrected chi connectivity index (χ1v) is 16.7. The van der Waals surface area contributed by atoms with Crippen molar-refractivity contribution in [1.82, 2.24) is 34.6 Å². The molecule has 2 amide bonds. The summed E-state index contributed by atoms with van der Waals surface area (Å²) in [4.78, 5) is 42.6. The second kappa shape index (κ2) is 14.2. The van der Waals surface area contributed by atoms with Gasteiger partial charge in [-0.2, -0.15) is 4.39 Å². The number of piperazine rings is 1.